The molecular weight excluding hydrogens is 326 g/mol. The summed E-state index contributed by atoms with van der Waals surface area (Å²) in [5.41, 5.74) is 1.78. The predicted molar refractivity (Wildman–Crippen MR) is 95.5 cm³/mol. The summed E-state index contributed by atoms with van der Waals surface area (Å²) in [7, 11) is 0. The number of para-hydroxylation sites is 1. The van der Waals surface area contributed by atoms with Gasteiger partial charge in [-0.3, -0.25) is 4.90 Å². The SMILES string of the molecule is C=C/C(=C\C)N(c1ncc(C(=O)OCC)cn1)c1ccccc1Cl. The molecule has 24 heavy (non-hydrogen) atoms. The lowest BCUT2D eigenvalue weighted by Crippen LogP contribution is -2.18. The summed E-state index contributed by atoms with van der Waals surface area (Å²) in [4.78, 5) is 22.1. The van der Waals surface area contributed by atoms with Crippen LogP contribution in [-0.4, -0.2) is 22.5 Å². The van der Waals surface area contributed by atoms with E-state index in [1.165, 1.54) is 12.4 Å². The van der Waals surface area contributed by atoms with Crippen LogP contribution in [0.1, 0.15) is 24.2 Å². The number of nitrogens with zero attached hydrogens (tertiary/aromatic N) is 3. The van der Waals surface area contributed by atoms with E-state index < -0.39 is 5.97 Å². The van der Waals surface area contributed by atoms with Crippen molar-refractivity contribution in [1.82, 2.24) is 9.97 Å². The summed E-state index contributed by atoms with van der Waals surface area (Å²) in [6.07, 6.45) is 6.42. The fourth-order valence-corrected chi connectivity index (χ4v) is 2.31. The van der Waals surface area contributed by atoms with E-state index in [4.69, 9.17) is 16.3 Å². The molecule has 0 aliphatic heterocycles. The molecule has 5 nitrogen and oxygen atoms in total. The molecule has 0 amide bonds. The number of benzene rings is 1. The van der Waals surface area contributed by atoms with Crippen molar-refractivity contribution < 1.29 is 9.53 Å². The third-order valence-corrected chi connectivity index (χ3v) is 3.53. The Morgan fingerprint density at radius 1 is 1.33 bits per heavy atom. The molecule has 0 N–H and O–H groups in total. The highest BCUT2D eigenvalue weighted by Crippen LogP contribution is 2.33. The lowest BCUT2D eigenvalue weighted by Gasteiger charge is -2.24. The van der Waals surface area contributed by atoms with E-state index in [0.717, 1.165) is 11.4 Å². The van der Waals surface area contributed by atoms with Crippen molar-refractivity contribution in [3.05, 3.63) is 71.7 Å². The van der Waals surface area contributed by atoms with Crippen LogP contribution in [0.5, 0.6) is 0 Å². The van der Waals surface area contributed by atoms with E-state index in [2.05, 4.69) is 16.5 Å². The number of carbonyl (C=O) groups excluding carboxylic acids is 1. The average Bonchev–Trinajstić information content (AvgIpc) is 2.61. The third kappa shape index (κ3) is 3.81. The van der Waals surface area contributed by atoms with E-state index in [0.29, 0.717) is 23.1 Å². The number of ether oxygens (including phenoxy) is 1. The van der Waals surface area contributed by atoms with Gasteiger partial charge >= 0.3 is 5.97 Å². The normalized spacial score (nSPS) is 11.0. The smallest absolute Gasteiger partial charge is 0.341 e. The van der Waals surface area contributed by atoms with Crippen molar-refractivity contribution in [3.8, 4) is 0 Å². The van der Waals surface area contributed by atoms with Crippen LogP contribution in [0.2, 0.25) is 5.02 Å². The van der Waals surface area contributed by atoms with Crippen LogP contribution in [0.25, 0.3) is 0 Å². The number of hydrogen-bond acceptors (Lipinski definition) is 5. The molecule has 2 aromatic rings. The van der Waals surface area contributed by atoms with E-state index in [1.54, 1.807) is 24.0 Å². The van der Waals surface area contributed by atoms with E-state index in [9.17, 15) is 4.79 Å². The van der Waals surface area contributed by atoms with Gasteiger partial charge in [-0.1, -0.05) is 36.4 Å². The van der Waals surface area contributed by atoms with Crippen LogP contribution in [-0.2, 0) is 4.74 Å². The molecule has 0 fully saturated rings. The van der Waals surface area contributed by atoms with Gasteiger partial charge in [0.1, 0.15) is 0 Å². The zero-order chi connectivity index (χ0) is 17.5. The Balaban J connectivity index is 2.47. The van der Waals surface area contributed by atoms with Crippen LogP contribution in [0.3, 0.4) is 0 Å². The van der Waals surface area contributed by atoms with Gasteiger partial charge in [0.25, 0.3) is 0 Å². The maximum absolute atomic E-state index is 11.7. The van der Waals surface area contributed by atoms with E-state index in [1.807, 2.05) is 31.2 Å². The van der Waals surface area contributed by atoms with Gasteiger partial charge in [-0.2, -0.15) is 0 Å². The number of aromatic nitrogens is 2. The monoisotopic (exact) mass is 343 g/mol. The Bertz CT molecular complexity index is 757. The second kappa shape index (κ2) is 8.26. The number of esters is 1. The van der Waals surface area contributed by atoms with Crippen molar-refractivity contribution in [2.24, 2.45) is 0 Å². The maximum atomic E-state index is 11.7. The van der Waals surface area contributed by atoms with Gasteiger partial charge in [-0.05, 0) is 32.1 Å². The van der Waals surface area contributed by atoms with Crippen molar-refractivity contribution in [1.29, 1.82) is 0 Å². The molecule has 0 radical (unpaired) electrons. The standard InChI is InChI=1S/C18H18ClN3O2/c1-4-14(5-2)22(16-10-8-7-9-15(16)19)18-20-11-13(12-21-18)17(23)24-6-3/h4-5,7-12H,1,6H2,2-3H3/b14-5+. The molecule has 0 aliphatic carbocycles. The van der Waals surface area contributed by atoms with Gasteiger partial charge in [-0.25, -0.2) is 14.8 Å². The molecule has 0 spiro atoms. The van der Waals surface area contributed by atoms with Gasteiger partial charge in [0.2, 0.25) is 5.95 Å². The fraction of sp³-hybridized carbons (Fsp3) is 0.167. The minimum absolute atomic E-state index is 0.292. The molecule has 2 rings (SSSR count). The summed E-state index contributed by atoms with van der Waals surface area (Å²) in [5, 5.41) is 0.553. The van der Waals surface area contributed by atoms with Crippen LogP contribution < -0.4 is 4.90 Å². The average molecular weight is 344 g/mol. The molecular formula is C18H18ClN3O2. The quantitative estimate of drug-likeness (QED) is 0.569. The number of carbonyl (C=O) groups is 1. The largest absolute Gasteiger partial charge is 0.462 e. The first-order valence-corrected chi connectivity index (χ1v) is 7.82. The van der Waals surface area contributed by atoms with Gasteiger partial charge in [0, 0.05) is 18.1 Å². The molecule has 0 atom stereocenters. The first-order chi connectivity index (χ1) is 11.6. The predicted octanol–water partition coefficient (Wildman–Crippen LogP) is 4.53. The van der Waals surface area contributed by atoms with Crippen molar-refractivity contribution in [2.45, 2.75) is 13.8 Å². The van der Waals surface area contributed by atoms with E-state index >= 15 is 0 Å². The van der Waals surface area contributed by atoms with Crippen LogP contribution >= 0.6 is 11.6 Å². The lowest BCUT2D eigenvalue weighted by atomic mass is 10.2. The maximum Gasteiger partial charge on any atom is 0.341 e. The molecule has 1 heterocycles. The van der Waals surface area contributed by atoms with Crippen LogP contribution in [0.4, 0.5) is 11.6 Å². The Kier molecular flexibility index (Phi) is 6.09. The second-order valence-electron chi connectivity index (χ2n) is 4.70. The Morgan fingerprint density at radius 2 is 2.00 bits per heavy atom. The van der Waals surface area contributed by atoms with Gasteiger partial charge in [-0.15, -0.1) is 0 Å². The molecule has 6 heteroatoms. The molecule has 1 aromatic heterocycles. The summed E-state index contributed by atoms with van der Waals surface area (Å²) in [6, 6.07) is 7.36. The highest BCUT2D eigenvalue weighted by molar-refractivity contribution is 6.33. The second-order valence-corrected chi connectivity index (χ2v) is 5.10. The summed E-state index contributed by atoms with van der Waals surface area (Å²) in [5.74, 6) is -0.0764. The first kappa shape index (κ1) is 17.7. The van der Waals surface area contributed by atoms with Crippen LogP contribution in [0.15, 0.2) is 61.1 Å². The van der Waals surface area contributed by atoms with Gasteiger partial charge < -0.3 is 4.74 Å². The third-order valence-electron chi connectivity index (χ3n) is 3.21. The summed E-state index contributed by atoms with van der Waals surface area (Å²) >= 11 is 6.32. The number of allylic oxidation sites excluding steroid dienone is 2. The molecule has 1 aromatic carbocycles. The van der Waals surface area contributed by atoms with Gasteiger partial charge in [0.05, 0.1) is 22.9 Å². The molecule has 0 saturated heterocycles. The molecule has 0 unspecified atom stereocenters. The zero-order valence-corrected chi connectivity index (χ0v) is 14.3. The lowest BCUT2D eigenvalue weighted by molar-refractivity contribution is 0.0525. The summed E-state index contributed by atoms with van der Waals surface area (Å²) < 4.78 is 4.94. The molecule has 0 bridgehead atoms. The summed E-state index contributed by atoms with van der Waals surface area (Å²) in [6.45, 7) is 7.75. The number of rotatable bonds is 6. The molecule has 0 saturated carbocycles. The van der Waals surface area contributed by atoms with E-state index in [-0.39, 0.29) is 0 Å². The Hall–Kier alpha value is -2.66. The Morgan fingerprint density at radius 3 is 2.54 bits per heavy atom. The minimum Gasteiger partial charge on any atom is -0.462 e. The van der Waals surface area contributed by atoms with Crippen molar-refractivity contribution >= 4 is 29.2 Å². The van der Waals surface area contributed by atoms with Crippen LogP contribution in [0, 0.1) is 0 Å². The molecule has 124 valence electrons. The topological polar surface area (TPSA) is 55.3 Å². The minimum atomic E-state index is -0.455. The first-order valence-electron chi connectivity index (χ1n) is 7.45. The van der Waals surface area contributed by atoms with Crippen molar-refractivity contribution in [3.63, 3.8) is 0 Å². The highest BCUT2D eigenvalue weighted by Gasteiger charge is 2.18. The Labute approximate surface area is 146 Å². The number of anilines is 2. The zero-order valence-electron chi connectivity index (χ0n) is 13.6. The number of hydrogen-bond donors (Lipinski definition) is 0. The fourth-order valence-electron chi connectivity index (χ4n) is 2.09. The van der Waals surface area contributed by atoms with Crippen molar-refractivity contribution in [2.75, 3.05) is 11.5 Å². The van der Waals surface area contributed by atoms with Gasteiger partial charge in [0.15, 0.2) is 0 Å². The number of halogens is 1. The highest BCUT2D eigenvalue weighted by atomic mass is 35.5. The molecule has 0 aliphatic rings.